The fraction of sp³-hybridized carbons (Fsp3) is 0.478. The van der Waals surface area contributed by atoms with Gasteiger partial charge in [0.2, 0.25) is 0 Å². The molecule has 1 unspecified atom stereocenters. The largest absolute Gasteiger partial charge is 0.339 e. The number of nitrogens with zero attached hydrogens (tertiary/aromatic N) is 1. The predicted octanol–water partition coefficient (Wildman–Crippen LogP) is 5.39. The predicted molar refractivity (Wildman–Crippen MR) is 116 cm³/mol. The number of thiophene rings is 1. The van der Waals surface area contributed by atoms with Crippen molar-refractivity contribution in [3.05, 3.63) is 51.9 Å². The number of carbonyl (C=O) groups is 2. The van der Waals surface area contributed by atoms with Gasteiger partial charge in [-0.25, -0.2) is 0 Å². The van der Waals surface area contributed by atoms with E-state index in [2.05, 4.69) is 19.2 Å². The lowest BCUT2D eigenvalue weighted by Gasteiger charge is -2.23. The third kappa shape index (κ3) is 4.46. The Kier molecular flexibility index (Phi) is 6.89. The van der Waals surface area contributed by atoms with Gasteiger partial charge < -0.3 is 10.2 Å². The number of fused-ring (bicyclic) bond motifs is 1. The first kappa shape index (κ1) is 20.6. The zero-order valence-corrected chi connectivity index (χ0v) is 17.9. The van der Waals surface area contributed by atoms with Crippen LogP contribution in [0.2, 0.25) is 0 Å². The van der Waals surface area contributed by atoms with Crippen LogP contribution in [0.5, 0.6) is 0 Å². The van der Waals surface area contributed by atoms with Crippen molar-refractivity contribution in [2.75, 3.05) is 18.4 Å². The van der Waals surface area contributed by atoms with Crippen LogP contribution in [0.15, 0.2) is 30.3 Å². The molecule has 1 heterocycles. The molecule has 1 aliphatic carbocycles. The summed E-state index contributed by atoms with van der Waals surface area (Å²) in [5.41, 5.74) is 2.50. The third-order valence-electron chi connectivity index (χ3n) is 5.44. The summed E-state index contributed by atoms with van der Waals surface area (Å²) in [7, 11) is 0. The van der Waals surface area contributed by atoms with E-state index < -0.39 is 0 Å². The minimum Gasteiger partial charge on any atom is -0.339 e. The topological polar surface area (TPSA) is 49.4 Å². The van der Waals surface area contributed by atoms with Crippen LogP contribution in [0, 0.1) is 5.92 Å². The fourth-order valence-electron chi connectivity index (χ4n) is 3.74. The van der Waals surface area contributed by atoms with Gasteiger partial charge in [-0.1, -0.05) is 38.5 Å². The molecular formula is C23H30N2O2S. The van der Waals surface area contributed by atoms with E-state index in [1.807, 2.05) is 30.0 Å². The second-order valence-corrected chi connectivity index (χ2v) is 8.72. The minimum atomic E-state index is -0.155. The van der Waals surface area contributed by atoms with Crippen LogP contribution in [0.4, 0.5) is 5.00 Å². The summed E-state index contributed by atoms with van der Waals surface area (Å²) < 4.78 is 0. The van der Waals surface area contributed by atoms with Crippen molar-refractivity contribution in [2.24, 2.45) is 5.92 Å². The summed E-state index contributed by atoms with van der Waals surface area (Å²) >= 11 is 1.59. The maximum atomic E-state index is 13.4. The molecule has 1 N–H and O–H groups in total. The molecule has 0 saturated heterocycles. The van der Waals surface area contributed by atoms with Gasteiger partial charge in [0.05, 0.1) is 5.56 Å². The SMILES string of the molecule is CCCCN(CC)C(=O)c1c(NC(=O)c2ccccc2)sc2c1CCC(C)C2. The lowest BCUT2D eigenvalue weighted by atomic mass is 9.88. The minimum absolute atomic E-state index is 0.0614. The van der Waals surface area contributed by atoms with Crippen LogP contribution in [0.25, 0.3) is 0 Å². The van der Waals surface area contributed by atoms with Crippen LogP contribution in [0.1, 0.15) is 71.2 Å². The maximum absolute atomic E-state index is 13.4. The van der Waals surface area contributed by atoms with Gasteiger partial charge >= 0.3 is 0 Å². The van der Waals surface area contributed by atoms with Crippen LogP contribution in [0.3, 0.4) is 0 Å². The zero-order valence-electron chi connectivity index (χ0n) is 17.1. The van der Waals surface area contributed by atoms with Gasteiger partial charge in [-0.2, -0.15) is 0 Å². The van der Waals surface area contributed by atoms with E-state index in [4.69, 9.17) is 0 Å². The van der Waals surface area contributed by atoms with Gasteiger partial charge in [-0.05, 0) is 56.2 Å². The average Bonchev–Trinajstić information content (AvgIpc) is 3.05. The highest BCUT2D eigenvalue weighted by Gasteiger charge is 2.30. The first-order chi connectivity index (χ1) is 13.5. The Morgan fingerprint density at radius 3 is 2.64 bits per heavy atom. The Bertz CT molecular complexity index is 829. The third-order valence-corrected chi connectivity index (χ3v) is 6.61. The summed E-state index contributed by atoms with van der Waals surface area (Å²) in [6.07, 6.45) is 5.05. The molecule has 0 fully saturated rings. The zero-order chi connectivity index (χ0) is 20.1. The Hall–Kier alpha value is -2.14. The number of hydrogen-bond acceptors (Lipinski definition) is 3. The Morgan fingerprint density at radius 2 is 1.96 bits per heavy atom. The molecule has 1 aliphatic rings. The first-order valence-electron chi connectivity index (χ1n) is 10.3. The van der Waals surface area contributed by atoms with Crippen LogP contribution >= 0.6 is 11.3 Å². The summed E-state index contributed by atoms with van der Waals surface area (Å²) in [6, 6.07) is 9.19. The number of amides is 2. The molecule has 0 spiro atoms. The highest BCUT2D eigenvalue weighted by molar-refractivity contribution is 7.17. The number of rotatable bonds is 7. The maximum Gasteiger partial charge on any atom is 0.257 e. The van der Waals surface area contributed by atoms with Crippen molar-refractivity contribution >= 4 is 28.2 Å². The summed E-state index contributed by atoms with van der Waals surface area (Å²) in [4.78, 5) is 29.3. The molecule has 4 nitrogen and oxygen atoms in total. The molecule has 1 atom stereocenters. The highest BCUT2D eigenvalue weighted by atomic mass is 32.1. The Labute approximate surface area is 172 Å². The molecule has 0 aliphatic heterocycles. The molecule has 2 aromatic rings. The standard InChI is InChI=1S/C23H30N2O2S/c1-4-6-14-25(5-2)23(27)20-18-13-12-16(3)15-19(18)28-22(20)24-21(26)17-10-8-7-9-11-17/h7-11,16H,4-6,12-15H2,1-3H3,(H,24,26). The van der Waals surface area contributed by atoms with E-state index >= 15 is 0 Å². The molecule has 0 saturated carbocycles. The second kappa shape index (κ2) is 9.37. The normalized spacial score (nSPS) is 15.8. The number of anilines is 1. The van der Waals surface area contributed by atoms with Gasteiger partial charge in [-0.15, -0.1) is 11.3 Å². The molecule has 150 valence electrons. The average molecular weight is 399 g/mol. The number of hydrogen-bond donors (Lipinski definition) is 1. The van der Waals surface area contributed by atoms with E-state index in [9.17, 15) is 9.59 Å². The lowest BCUT2D eigenvalue weighted by molar-refractivity contribution is 0.0762. The quantitative estimate of drug-likeness (QED) is 0.680. The number of nitrogens with one attached hydrogen (secondary N) is 1. The molecule has 28 heavy (non-hydrogen) atoms. The van der Waals surface area contributed by atoms with E-state index in [0.29, 0.717) is 23.0 Å². The van der Waals surface area contributed by atoms with Gasteiger partial charge in [0.15, 0.2) is 0 Å². The molecule has 1 aromatic heterocycles. The van der Waals surface area contributed by atoms with E-state index in [0.717, 1.165) is 49.8 Å². The van der Waals surface area contributed by atoms with Crippen molar-refractivity contribution in [3.63, 3.8) is 0 Å². The first-order valence-corrected chi connectivity index (χ1v) is 11.2. The smallest absolute Gasteiger partial charge is 0.257 e. The summed E-state index contributed by atoms with van der Waals surface area (Å²) in [6.45, 7) is 7.87. The van der Waals surface area contributed by atoms with Crippen molar-refractivity contribution in [1.82, 2.24) is 4.90 Å². The Morgan fingerprint density at radius 1 is 1.21 bits per heavy atom. The van der Waals surface area contributed by atoms with Crippen molar-refractivity contribution in [3.8, 4) is 0 Å². The van der Waals surface area contributed by atoms with Gasteiger partial charge in [-0.3, -0.25) is 9.59 Å². The van der Waals surface area contributed by atoms with Gasteiger partial charge in [0.25, 0.3) is 11.8 Å². The lowest BCUT2D eigenvalue weighted by Crippen LogP contribution is -2.33. The van der Waals surface area contributed by atoms with Gasteiger partial charge in [0.1, 0.15) is 5.00 Å². The second-order valence-electron chi connectivity index (χ2n) is 7.61. The van der Waals surface area contributed by atoms with Crippen LogP contribution < -0.4 is 5.32 Å². The molecule has 2 amide bonds. The highest BCUT2D eigenvalue weighted by Crippen LogP contribution is 2.40. The molecule has 5 heteroatoms. The van der Waals surface area contributed by atoms with E-state index in [1.165, 1.54) is 4.88 Å². The number of unbranched alkanes of at least 4 members (excludes halogenated alkanes) is 1. The van der Waals surface area contributed by atoms with E-state index in [1.54, 1.807) is 23.5 Å². The number of benzene rings is 1. The molecule has 0 bridgehead atoms. The molecular weight excluding hydrogens is 368 g/mol. The van der Waals surface area contributed by atoms with Crippen molar-refractivity contribution in [2.45, 2.75) is 52.9 Å². The summed E-state index contributed by atoms with van der Waals surface area (Å²) in [5, 5.41) is 3.76. The molecule has 3 rings (SSSR count). The summed E-state index contributed by atoms with van der Waals surface area (Å²) in [5.74, 6) is 0.526. The van der Waals surface area contributed by atoms with E-state index in [-0.39, 0.29) is 11.8 Å². The monoisotopic (exact) mass is 398 g/mol. The van der Waals surface area contributed by atoms with Crippen LogP contribution in [-0.4, -0.2) is 29.8 Å². The fourth-order valence-corrected chi connectivity index (χ4v) is 5.14. The molecule has 1 aromatic carbocycles. The van der Waals surface area contributed by atoms with Crippen LogP contribution in [-0.2, 0) is 12.8 Å². The van der Waals surface area contributed by atoms with Gasteiger partial charge in [0, 0.05) is 23.5 Å². The molecule has 0 radical (unpaired) electrons. The number of carbonyl (C=O) groups excluding carboxylic acids is 2. The van der Waals surface area contributed by atoms with Crippen molar-refractivity contribution < 1.29 is 9.59 Å². The Balaban J connectivity index is 1.95. The van der Waals surface area contributed by atoms with Crippen molar-refractivity contribution in [1.29, 1.82) is 0 Å².